The van der Waals surface area contributed by atoms with Crippen LogP contribution in [-0.2, 0) is 11.2 Å². The Morgan fingerprint density at radius 2 is 2.09 bits per heavy atom. The SMILES string of the molecule is Cc1ccc2c(c1)OCCN2C(=O)CCc1ccccc1N. The van der Waals surface area contributed by atoms with Crippen molar-refractivity contribution in [1.29, 1.82) is 0 Å². The minimum Gasteiger partial charge on any atom is -0.490 e. The lowest BCUT2D eigenvalue weighted by atomic mass is 10.1. The molecule has 1 amide bonds. The maximum atomic E-state index is 12.6. The number of nitrogens with two attached hydrogens (primary N) is 1. The van der Waals surface area contributed by atoms with Gasteiger partial charge in [-0.1, -0.05) is 24.3 Å². The number of anilines is 2. The van der Waals surface area contributed by atoms with Gasteiger partial charge in [-0.25, -0.2) is 0 Å². The van der Waals surface area contributed by atoms with Crippen LogP contribution in [0, 0.1) is 6.92 Å². The highest BCUT2D eigenvalue weighted by Gasteiger charge is 2.23. The van der Waals surface area contributed by atoms with E-state index in [1.165, 1.54) is 0 Å². The van der Waals surface area contributed by atoms with Gasteiger partial charge in [0.15, 0.2) is 0 Å². The van der Waals surface area contributed by atoms with Crippen LogP contribution in [0.2, 0.25) is 0 Å². The number of hydrogen-bond donors (Lipinski definition) is 1. The smallest absolute Gasteiger partial charge is 0.227 e. The lowest BCUT2D eigenvalue weighted by Crippen LogP contribution is -2.38. The van der Waals surface area contributed by atoms with Crippen LogP contribution in [0.3, 0.4) is 0 Å². The number of benzene rings is 2. The predicted octanol–water partition coefficient (Wildman–Crippen LogP) is 2.94. The van der Waals surface area contributed by atoms with Gasteiger partial charge in [0.25, 0.3) is 0 Å². The number of hydrogen-bond acceptors (Lipinski definition) is 3. The molecule has 0 aliphatic carbocycles. The summed E-state index contributed by atoms with van der Waals surface area (Å²) < 4.78 is 5.65. The number of fused-ring (bicyclic) bond motifs is 1. The molecule has 22 heavy (non-hydrogen) atoms. The van der Waals surface area contributed by atoms with Crippen LogP contribution in [0.1, 0.15) is 17.5 Å². The number of para-hydroxylation sites is 1. The van der Waals surface area contributed by atoms with Crippen molar-refractivity contribution in [2.24, 2.45) is 0 Å². The Morgan fingerprint density at radius 1 is 1.27 bits per heavy atom. The highest BCUT2D eigenvalue weighted by atomic mass is 16.5. The first-order valence-corrected chi connectivity index (χ1v) is 7.52. The van der Waals surface area contributed by atoms with Crippen LogP contribution in [0.5, 0.6) is 5.75 Å². The molecule has 2 aromatic rings. The van der Waals surface area contributed by atoms with Crippen LogP contribution in [0.25, 0.3) is 0 Å². The van der Waals surface area contributed by atoms with Gasteiger partial charge in [0.05, 0.1) is 12.2 Å². The third kappa shape index (κ3) is 2.91. The first-order valence-electron chi connectivity index (χ1n) is 7.52. The van der Waals surface area contributed by atoms with Crippen molar-refractivity contribution < 1.29 is 9.53 Å². The highest BCUT2D eigenvalue weighted by Crippen LogP contribution is 2.32. The van der Waals surface area contributed by atoms with E-state index in [0.29, 0.717) is 26.0 Å². The van der Waals surface area contributed by atoms with Crippen LogP contribution >= 0.6 is 0 Å². The highest BCUT2D eigenvalue weighted by molar-refractivity contribution is 5.95. The van der Waals surface area contributed by atoms with E-state index in [2.05, 4.69) is 0 Å². The van der Waals surface area contributed by atoms with Gasteiger partial charge < -0.3 is 15.4 Å². The van der Waals surface area contributed by atoms with Crippen molar-refractivity contribution in [2.45, 2.75) is 19.8 Å². The summed E-state index contributed by atoms with van der Waals surface area (Å²) in [6, 6.07) is 13.6. The van der Waals surface area contributed by atoms with Gasteiger partial charge in [-0.3, -0.25) is 4.79 Å². The molecule has 0 radical (unpaired) electrons. The Morgan fingerprint density at radius 3 is 2.91 bits per heavy atom. The summed E-state index contributed by atoms with van der Waals surface area (Å²) in [5.41, 5.74) is 9.69. The third-order valence-corrected chi connectivity index (χ3v) is 3.94. The lowest BCUT2D eigenvalue weighted by Gasteiger charge is -2.30. The van der Waals surface area contributed by atoms with Gasteiger partial charge in [0, 0.05) is 12.1 Å². The molecule has 0 atom stereocenters. The molecule has 114 valence electrons. The summed E-state index contributed by atoms with van der Waals surface area (Å²) in [6.45, 7) is 3.15. The van der Waals surface area contributed by atoms with Crippen molar-refractivity contribution in [3.8, 4) is 5.75 Å². The second-order valence-corrected chi connectivity index (χ2v) is 5.56. The van der Waals surface area contributed by atoms with E-state index < -0.39 is 0 Å². The Hall–Kier alpha value is -2.49. The first kappa shape index (κ1) is 14.4. The van der Waals surface area contributed by atoms with E-state index in [4.69, 9.17) is 10.5 Å². The van der Waals surface area contributed by atoms with Crippen LogP contribution < -0.4 is 15.4 Å². The van der Waals surface area contributed by atoms with Crippen LogP contribution in [-0.4, -0.2) is 19.1 Å². The Labute approximate surface area is 130 Å². The fraction of sp³-hybridized carbons (Fsp3) is 0.278. The molecule has 1 aliphatic heterocycles. The molecule has 4 heteroatoms. The normalized spacial score (nSPS) is 13.4. The second-order valence-electron chi connectivity index (χ2n) is 5.56. The molecule has 1 heterocycles. The van der Waals surface area contributed by atoms with Crippen molar-refractivity contribution in [3.63, 3.8) is 0 Å². The van der Waals surface area contributed by atoms with Crippen LogP contribution in [0.4, 0.5) is 11.4 Å². The summed E-state index contributed by atoms with van der Waals surface area (Å²) in [5.74, 6) is 0.899. The number of rotatable bonds is 3. The number of ether oxygens (including phenoxy) is 1. The van der Waals surface area contributed by atoms with Gasteiger partial charge in [-0.05, 0) is 42.7 Å². The fourth-order valence-electron chi connectivity index (χ4n) is 2.72. The zero-order valence-corrected chi connectivity index (χ0v) is 12.7. The predicted molar refractivity (Wildman–Crippen MR) is 88.2 cm³/mol. The van der Waals surface area contributed by atoms with Gasteiger partial charge >= 0.3 is 0 Å². The summed E-state index contributed by atoms with van der Waals surface area (Å²) in [6.07, 6.45) is 1.10. The Kier molecular flexibility index (Phi) is 4.00. The number of amides is 1. The molecular formula is C18H20N2O2. The Balaban J connectivity index is 1.73. The first-order chi connectivity index (χ1) is 10.6. The molecule has 0 spiro atoms. The van der Waals surface area contributed by atoms with E-state index in [1.807, 2.05) is 54.3 Å². The maximum Gasteiger partial charge on any atom is 0.227 e. The molecule has 0 saturated carbocycles. The lowest BCUT2D eigenvalue weighted by molar-refractivity contribution is -0.118. The molecule has 0 aromatic heterocycles. The van der Waals surface area contributed by atoms with Gasteiger partial charge in [-0.15, -0.1) is 0 Å². The van der Waals surface area contributed by atoms with E-state index in [0.717, 1.165) is 28.3 Å². The molecule has 2 aromatic carbocycles. The summed E-state index contributed by atoms with van der Waals surface area (Å²) in [4.78, 5) is 14.4. The number of carbonyl (C=O) groups excluding carboxylic acids is 1. The average Bonchev–Trinajstić information content (AvgIpc) is 2.53. The van der Waals surface area contributed by atoms with Crippen LogP contribution in [0.15, 0.2) is 42.5 Å². The molecule has 0 saturated heterocycles. The molecule has 0 fully saturated rings. The topological polar surface area (TPSA) is 55.6 Å². The summed E-state index contributed by atoms with van der Waals surface area (Å²) in [7, 11) is 0. The standard InChI is InChI=1S/C18H20N2O2/c1-13-6-8-16-17(12-13)22-11-10-20(16)18(21)9-7-14-4-2-3-5-15(14)19/h2-6,8,12H,7,9-11,19H2,1H3. The van der Waals surface area contributed by atoms with Gasteiger partial charge in [0.1, 0.15) is 12.4 Å². The zero-order valence-electron chi connectivity index (χ0n) is 12.7. The van der Waals surface area contributed by atoms with E-state index in [9.17, 15) is 4.79 Å². The maximum absolute atomic E-state index is 12.6. The van der Waals surface area contributed by atoms with E-state index in [1.54, 1.807) is 0 Å². The number of carbonyl (C=O) groups is 1. The van der Waals surface area contributed by atoms with Crippen molar-refractivity contribution in [1.82, 2.24) is 0 Å². The minimum absolute atomic E-state index is 0.108. The third-order valence-electron chi connectivity index (χ3n) is 3.94. The van der Waals surface area contributed by atoms with E-state index >= 15 is 0 Å². The van der Waals surface area contributed by atoms with Crippen molar-refractivity contribution in [3.05, 3.63) is 53.6 Å². The molecule has 0 unspecified atom stereocenters. The Bertz CT molecular complexity index is 697. The number of nitrogen functional groups attached to an aromatic ring is 1. The molecule has 4 nitrogen and oxygen atoms in total. The molecule has 1 aliphatic rings. The van der Waals surface area contributed by atoms with Crippen molar-refractivity contribution in [2.75, 3.05) is 23.8 Å². The summed E-state index contributed by atoms with van der Waals surface area (Å²) in [5, 5.41) is 0. The largest absolute Gasteiger partial charge is 0.490 e. The summed E-state index contributed by atoms with van der Waals surface area (Å²) >= 11 is 0. The number of nitrogens with zero attached hydrogens (tertiary/aromatic N) is 1. The average molecular weight is 296 g/mol. The minimum atomic E-state index is 0.108. The van der Waals surface area contributed by atoms with Gasteiger partial charge in [-0.2, -0.15) is 0 Å². The number of aryl methyl sites for hydroxylation is 2. The van der Waals surface area contributed by atoms with Gasteiger partial charge in [0.2, 0.25) is 5.91 Å². The monoisotopic (exact) mass is 296 g/mol. The second kappa shape index (κ2) is 6.10. The molecule has 2 N–H and O–H groups in total. The molecule has 3 rings (SSSR count). The zero-order chi connectivity index (χ0) is 15.5. The van der Waals surface area contributed by atoms with Crippen molar-refractivity contribution >= 4 is 17.3 Å². The molecule has 0 bridgehead atoms. The van der Waals surface area contributed by atoms with E-state index in [-0.39, 0.29) is 5.91 Å². The fourth-order valence-corrected chi connectivity index (χ4v) is 2.72. The quantitative estimate of drug-likeness (QED) is 0.886. The molecular weight excluding hydrogens is 276 g/mol.